The lowest BCUT2D eigenvalue weighted by molar-refractivity contribution is -0.137. The Morgan fingerprint density at radius 1 is 1.22 bits per heavy atom. The number of carbonyl (C=O) groups is 1. The molecule has 0 unspecified atom stereocenters. The van der Waals surface area contributed by atoms with E-state index in [4.69, 9.17) is 5.11 Å². The first-order valence-corrected chi connectivity index (χ1v) is 6.48. The zero-order chi connectivity index (χ0) is 13.5. The van der Waals surface area contributed by atoms with Gasteiger partial charge in [0.1, 0.15) is 0 Å². The molecule has 0 heterocycles. The number of carboxylic acids is 1. The molecular weight excluding hydrogens is 226 g/mol. The number of aliphatic carboxylic acids is 1. The molecule has 0 aliphatic heterocycles. The maximum atomic E-state index is 10.5. The van der Waals surface area contributed by atoms with Gasteiger partial charge < -0.3 is 10.0 Å². The average molecular weight is 249 g/mol. The van der Waals surface area contributed by atoms with Crippen LogP contribution in [-0.2, 0) is 11.2 Å². The second-order valence-electron chi connectivity index (χ2n) is 5.09. The van der Waals surface area contributed by atoms with Crippen LogP contribution in [0.2, 0.25) is 0 Å². The molecule has 0 fully saturated rings. The maximum Gasteiger partial charge on any atom is 0.304 e. The van der Waals surface area contributed by atoms with Crippen LogP contribution in [0.5, 0.6) is 0 Å². The Hall–Kier alpha value is -1.35. The number of nitrogens with zero attached hydrogens (tertiary/aromatic N) is 1. The summed E-state index contributed by atoms with van der Waals surface area (Å²) in [7, 11) is 1.96. The van der Waals surface area contributed by atoms with Gasteiger partial charge in [-0.05, 0) is 30.5 Å². The Kier molecular flexibility index (Phi) is 5.86. The van der Waals surface area contributed by atoms with Crippen LogP contribution in [0.15, 0.2) is 24.3 Å². The molecule has 0 aliphatic carbocycles. The fourth-order valence-corrected chi connectivity index (χ4v) is 1.79. The van der Waals surface area contributed by atoms with Crippen LogP contribution in [0.4, 0.5) is 0 Å². The lowest BCUT2D eigenvalue weighted by atomic mass is 10.0. The van der Waals surface area contributed by atoms with Crippen LogP contribution in [0, 0.1) is 0 Å². The van der Waals surface area contributed by atoms with Gasteiger partial charge in [0.05, 0.1) is 6.42 Å². The molecule has 1 rings (SSSR count). The summed E-state index contributed by atoms with van der Waals surface area (Å²) in [6.07, 6.45) is 1.18. The van der Waals surface area contributed by atoms with Crippen LogP contribution >= 0.6 is 0 Å². The highest BCUT2D eigenvalue weighted by molar-refractivity contribution is 5.66. The number of carboxylic acid groups (broad SMARTS) is 1. The molecule has 1 aromatic carbocycles. The summed E-state index contributed by atoms with van der Waals surface area (Å²) in [5, 5.41) is 8.60. The van der Waals surface area contributed by atoms with Gasteiger partial charge in [-0.25, -0.2) is 0 Å². The van der Waals surface area contributed by atoms with Crippen LogP contribution in [-0.4, -0.2) is 36.1 Å². The van der Waals surface area contributed by atoms with Crippen molar-refractivity contribution in [2.75, 3.05) is 20.1 Å². The monoisotopic (exact) mass is 249 g/mol. The standard InChI is InChI=1S/C15H23NO2/c1-12(2)14-6-4-13(5-7-14)8-10-16(3)11-9-15(17)18/h4-7,12H,8-11H2,1-3H3,(H,17,18). The fourth-order valence-electron chi connectivity index (χ4n) is 1.79. The number of hydrogen-bond donors (Lipinski definition) is 1. The van der Waals surface area contributed by atoms with E-state index in [-0.39, 0.29) is 6.42 Å². The summed E-state index contributed by atoms with van der Waals surface area (Å²) in [6.45, 7) is 5.89. The number of likely N-dealkylation sites (N-methyl/N-ethyl adjacent to an activating group) is 1. The minimum absolute atomic E-state index is 0.211. The first-order chi connectivity index (χ1) is 8.49. The van der Waals surface area contributed by atoms with Gasteiger partial charge >= 0.3 is 5.97 Å². The SMILES string of the molecule is CC(C)c1ccc(CCN(C)CCC(=O)O)cc1. The number of hydrogen-bond acceptors (Lipinski definition) is 2. The van der Waals surface area contributed by atoms with Crippen LogP contribution in [0.1, 0.15) is 37.3 Å². The molecule has 3 heteroatoms. The Bertz CT molecular complexity index is 371. The van der Waals surface area contributed by atoms with Crippen molar-refractivity contribution in [1.29, 1.82) is 0 Å². The van der Waals surface area contributed by atoms with Crippen LogP contribution in [0.3, 0.4) is 0 Å². The second-order valence-corrected chi connectivity index (χ2v) is 5.09. The van der Waals surface area contributed by atoms with E-state index in [1.807, 2.05) is 7.05 Å². The Labute approximate surface area is 109 Å². The molecule has 0 bridgehead atoms. The molecule has 0 amide bonds. The summed E-state index contributed by atoms with van der Waals surface area (Å²) < 4.78 is 0. The maximum absolute atomic E-state index is 10.5. The smallest absolute Gasteiger partial charge is 0.304 e. The van der Waals surface area contributed by atoms with Crippen LogP contribution in [0.25, 0.3) is 0 Å². The van der Waals surface area contributed by atoms with E-state index in [1.165, 1.54) is 11.1 Å². The molecular formula is C15H23NO2. The lowest BCUT2D eigenvalue weighted by Crippen LogP contribution is -2.24. The highest BCUT2D eigenvalue weighted by Crippen LogP contribution is 2.14. The van der Waals surface area contributed by atoms with E-state index >= 15 is 0 Å². The topological polar surface area (TPSA) is 40.5 Å². The van der Waals surface area contributed by atoms with Gasteiger partial charge in [-0.15, -0.1) is 0 Å². The average Bonchev–Trinajstić information content (AvgIpc) is 2.34. The molecule has 1 N–H and O–H groups in total. The lowest BCUT2D eigenvalue weighted by Gasteiger charge is -2.15. The van der Waals surface area contributed by atoms with Gasteiger partial charge in [-0.2, -0.15) is 0 Å². The van der Waals surface area contributed by atoms with E-state index in [0.29, 0.717) is 12.5 Å². The second kappa shape index (κ2) is 7.17. The van der Waals surface area contributed by atoms with Crippen molar-refractivity contribution in [1.82, 2.24) is 4.90 Å². The van der Waals surface area contributed by atoms with Gasteiger partial charge in [-0.1, -0.05) is 38.1 Å². The van der Waals surface area contributed by atoms with Crippen molar-refractivity contribution in [3.63, 3.8) is 0 Å². The minimum Gasteiger partial charge on any atom is -0.481 e. The van der Waals surface area contributed by atoms with Crippen molar-refractivity contribution >= 4 is 5.97 Å². The molecule has 100 valence electrons. The molecule has 0 atom stereocenters. The Morgan fingerprint density at radius 2 is 1.83 bits per heavy atom. The molecule has 3 nitrogen and oxygen atoms in total. The molecule has 1 aromatic rings. The van der Waals surface area contributed by atoms with Gasteiger partial charge in [0, 0.05) is 13.1 Å². The zero-order valence-electron chi connectivity index (χ0n) is 11.5. The highest BCUT2D eigenvalue weighted by Gasteiger charge is 2.03. The van der Waals surface area contributed by atoms with Gasteiger partial charge in [-0.3, -0.25) is 4.79 Å². The molecule has 0 aliphatic rings. The number of rotatable bonds is 7. The third kappa shape index (κ3) is 5.32. The van der Waals surface area contributed by atoms with E-state index in [2.05, 4.69) is 43.0 Å². The van der Waals surface area contributed by atoms with Gasteiger partial charge in [0.25, 0.3) is 0 Å². The summed E-state index contributed by atoms with van der Waals surface area (Å²) in [6, 6.07) is 8.69. The van der Waals surface area contributed by atoms with Gasteiger partial charge in [0.15, 0.2) is 0 Å². The zero-order valence-corrected chi connectivity index (χ0v) is 11.5. The van der Waals surface area contributed by atoms with Crippen LogP contribution < -0.4 is 0 Å². The highest BCUT2D eigenvalue weighted by atomic mass is 16.4. The summed E-state index contributed by atoms with van der Waals surface area (Å²) in [5.41, 5.74) is 2.67. The molecule has 0 aromatic heterocycles. The van der Waals surface area contributed by atoms with Crippen molar-refractivity contribution in [3.05, 3.63) is 35.4 Å². The Balaban J connectivity index is 2.36. The predicted octanol–water partition coefficient (Wildman–Crippen LogP) is 2.76. The van der Waals surface area contributed by atoms with E-state index in [0.717, 1.165) is 13.0 Å². The summed E-state index contributed by atoms with van der Waals surface area (Å²) >= 11 is 0. The molecule has 0 saturated heterocycles. The third-order valence-electron chi connectivity index (χ3n) is 3.14. The number of benzene rings is 1. The quantitative estimate of drug-likeness (QED) is 0.807. The fraction of sp³-hybridized carbons (Fsp3) is 0.533. The van der Waals surface area contributed by atoms with E-state index < -0.39 is 5.97 Å². The predicted molar refractivity (Wildman–Crippen MR) is 74.0 cm³/mol. The molecule has 0 spiro atoms. The van der Waals surface area contributed by atoms with E-state index in [9.17, 15) is 4.79 Å². The summed E-state index contributed by atoms with van der Waals surface area (Å²) in [4.78, 5) is 12.5. The first kappa shape index (κ1) is 14.7. The van der Waals surface area contributed by atoms with E-state index in [1.54, 1.807) is 0 Å². The Morgan fingerprint density at radius 3 is 2.33 bits per heavy atom. The normalized spacial score (nSPS) is 11.2. The molecule has 0 radical (unpaired) electrons. The van der Waals surface area contributed by atoms with Crippen molar-refractivity contribution in [2.45, 2.75) is 32.6 Å². The van der Waals surface area contributed by atoms with Crippen molar-refractivity contribution < 1.29 is 9.90 Å². The van der Waals surface area contributed by atoms with Crippen molar-refractivity contribution in [2.24, 2.45) is 0 Å². The minimum atomic E-state index is -0.733. The van der Waals surface area contributed by atoms with Crippen molar-refractivity contribution in [3.8, 4) is 0 Å². The largest absolute Gasteiger partial charge is 0.481 e. The van der Waals surface area contributed by atoms with Gasteiger partial charge in [0.2, 0.25) is 0 Å². The third-order valence-corrected chi connectivity index (χ3v) is 3.14. The summed E-state index contributed by atoms with van der Waals surface area (Å²) in [5.74, 6) is -0.166. The molecule has 0 saturated carbocycles. The molecule has 18 heavy (non-hydrogen) atoms. The first-order valence-electron chi connectivity index (χ1n) is 6.48.